The first-order valence-electron chi connectivity index (χ1n) is 6.49. The van der Waals surface area contributed by atoms with Crippen molar-refractivity contribution < 1.29 is 9.90 Å². The Morgan fingerprint density at radius 1 is 1.50 bits per heavy atom. The van der Waals surface area contributed by atoms with E-state index in [9.17, 15) is 4.79 Å². The van der Waals surface area contributed by atoms with Gasteiger partial charge in [0.2, 0.25) is 0 Å². The van der Waals surface area contributed by atoms with E-state index in [1.54, 1.807) is 0 Å². The third-order valence-electron chi connectivity index (χ3n) is 3.56. The molecule has 2 rings (SSSR count). The standard InChI is InChI=1S/C14H20N2O2/c1-2-13(11-6-4-3-5-7-11)16-9-8-12(10-16)15-14(17)18/h3-7,12-13,15H,2,8-10H2,1H3,(H,17,18)/t12?,13-/m1/s1. The molecule has 0 aliphatic carbocycles. The Morgan fingerprint density at radius 2 is 2.22 bits per heavy atom. The van der Waals surface area contributed by atoms with Gasteiger partial charge in [-0.2, -0.15) is 0 Å². The maximum atomic E-state index is 10.6. The van der Waals surface area contributed by atoms with Crippen molar-refractivity contribution >= 4 is 6.09 Å². The Hall–Kier alpha value is -1.55. The molecular formula is C14H20N2O2. The van der Waals surface area contributed by atoms with Gasteiger partial charge in [-0.15, -0.1) is 0 Å². The lowest BCUT2D eigenvalue weighted by atomic mass is 10.0. The Balaban J connectivity index is 2.00. The zero-order valence-electron chi connectivity index (χ0n) is 10.7. The lowest BCUT2D eigenvalue weighted by Crippen LogP contribution is -2.36. The molecule has 4 heteroatoms. The summed E-state index contributed by atoms with van der Waals surface area (Å²) in [5.41, 5.74) is 1.32. The predicted molar refractivity (Wildman–Crippen MR) is 70.6 cm³/mol. The summed E-state index contributed by atoms with van der Waals surface area (Å²) < 4.78 is 0. The molecule has 0 bridgehead atoms. The molecule has 4 nitrogen and oxygen atoms in total. The molecule has 1 unspecified atom stereocenters. The number of amides is 1. The van der Waals surface area contributed by atoms with Gasteiger partial charge in [0.15, 0.2) is 0 Å². The van der Waals surface area contributed by atoms with E-state index in [2.05, 4.69) is 41.4 Å². The second-order valence-corrected chi connectivity index (χ2v) is 4.76. The van der Waals surface area contributed by atoms with Gasteiger partial charge in [-0.05, 0) is 18.4 Å². The third kappa shape index (κ3) is 3.01. The van der Waals surface area contributed by atoms with Gasteiger partial charge in [-0.25, -0.2) is 4.79 Å². The molecule has 0 spiro atoms. The fourth-order valence-electron chi connectivity index (χ4n) is 2.74. The summed E-state index contributed by atoms with van der Waals surface area (Å²) in [7, 11) is 0. The van der Waals surface area contributed by atoms with Gasteiger partial charge in [-0.1, -0.05) is 37.3 Å². The SMILES string of the molecule is CC[C@H](c1ccccc1)N1CCC(NC(=O)O)C1. The summed E-state index contributed by atoms with van der Waals surface area (Å²) in [6, 6.07) is 10.9. The highest BCUT2D eigenvalue weighted by molar-refractivity contribution is 5.64. The van der Waals surface area contributed by atoms with Crippen LogP contribution in [0, 0.1) is 0 Å². The molecule has 1 saturated heterocycles. The van der Waals surface area contributed by atoms with Crippen molar-refractivity contribution in [3.8, 4) is 0 Å². The zero-order chi connectivity index (χ0) is 13.0. The van der Waals surface area contributed by atoms with Gasteiger partial charge in [0.25, 0.3) is 0 Å². The third-order valence-corrected chi connectivity index (χ3v) is 3.56. The highest BCUT2D eigenvalue weighted by Crippen LogP contribution is 2.27. The average molecular weight is 248 g/mol. The van der Waals surface area contributed by atoms with Gasteiger partial charge in [0.05, 0.1) is 0 Å². The monoisotopic (exact) mass is 248 g/mol. The zero-order valence-corrected chi connectivity index (χ0v) is 10.7. The quantitative estimate of drug-likeness (QED) is 0.860. The van der Waals surface area contributed by atoms with Crippen LogP contribution in [0.5, 0.6) is 0 Å². The number of nitrogens with zero attached hydrogens (tertiary/aromatic N) is 1. The van der Waals surface area contributed by atoms with Crippen molar-refractivity contribution in [2.24, 2.45) is 0 Å². The van der Waals surface area contributed by atoms with Gasteiger partial charge in [-0.3, -0.25) is 4.90 Å². The molecule has 1 heterocycles. The van der Waals surface area contributed by atoms with Gasteiger partial charge in [0, 0.05) is 25.2 Å². The van der Waals surface area contributed by atoms with Crippen LogP contribution in [-0.4, -0.2) is 35.2 Å². The Bertz CT molecular complexity index is 394. The van der Waals surface area contributed by atoms with Crippen LogP contribution in [-0.2, 0) is 0 Å². The lowest BCUT2D eigenvalue weighted by molar-refractivity contribution is 0.187. The molecule has 1 aliphatic heterocycles. The molecule has 98 valence electrons. The van der Waals surface area contributed by atoms with E-state index in [4.69, 9.17) is 5.11 Å². The molecule has 0 saturated carbocycles. The van der Waals surface area contributed by atoms with Crippen molar-refractivity contribution in [2.75, 3.05) is 13.1 Å². The summed E-state index contributed by atoms with van der Waals surface area (Å²) in [6.45, 7) is 3.94. The van der Waals surface area contributed by atoms with E-state index in [-0.39, 0.29) is 6.04 Å². The molecule has 1 aliphatic rings. The van der Waals surface area contributed by atoms with Crippen LogP contribution in [0.25, 0.3) is 0 Å². The van der Waals surface area contributed by atoms with E-state index in [1.807, 2.05) is 6.07 Å². The summed E-state index contributed by atoms with van der Waals surface area (Å²) in [5, 5.41) is 11.3. The number of rotatable bonds is 4. The smallest absolute Gasteiger partial charge is 0.404 e. The Morgan fingerprint density at radius 3 is 2.83 bits per heavy atom. The number of nitrogens with one attached hydrogen (secondary N) is 1. The second kappa shape index (κ2) is 5.87. The normalized spacial score (nSPS) is 21.7. The topological polar surface area (TPSA) is 52.6 Å². The van der Waals surface area contributed by atoms with Gasteiger partial charge < -0.3 is 10.4 Å². The minimum atomic E-state index is -0.922. The molecule has 18 heavy (non-hydrogen) atoms. The molecular weight excluding hydrogens is 228 g/mol. The molecule has 2 atom stereocenters. The molecule has 0 radical (unpaired) electrons. The molecule has 0 aromatic heterocycles. The van der Waals surface area contributed by atoms with Crippen LogP contribution in [0.2, 0.25) is 0 Å². The average Bonchev–Trinajstić information content (AvgIpc) is 2.79. The summed E-state index contributed by atoms with van der Waals surface area (Å²) in [5.74, 6) is 0. The highest BCUT2D eigenvalue weighted by Gasteiger charge is 2.28. The summed E-state index contributed by atoms with van der Waals surface area (Å²) >= 11 is 0. The first kappa shape index (κ1) is 12.9. The van der Waals surface area contributed by atoms with Crippen molar-refractivity contribution in [2.45, 2.75) is 31.8 Å². The molecule has 1 fully saturated rings. The van der Waals surface area contributed by atoms with Crippen LogP contribution in [0.1, 0.15) is 31.4 Å². The van der Waals surface area contributed by atoms with Crippen LogP contribution < -0.4 is 5.32 Å². The maximum absolute atomic E-state index is 10.6. The van der Waals surface area contributed by atoms with Crippen molar-refractivity contribution in [3.63, 3.8) is 0 Å². The van der Waals surface area contributed by atoms with Crippen molar-refractivity contribution in [1.82, 2.24) is 10.2 Å². The van der Waals surface area contributed by atoms with E-state index in [0.717, 1.165) is 25.9 Å². The number of carbonyl (C=O) groups is 1. The minimum Gasteiger partial charge on any atom is -0.465 e. The number of likely N-dealkylation sites (tertiary alicyclic amines) is 1. The van der Waals surface area contributed by atoms with E-state index in [1.165, 1.54) is 5.56 Å². The summed E-state index contributed by atoms with van der Waals surface area (Å²) in [6.07, 6.45) is 1.02. The van der Waals surface area contributed by atoms with E-state index >= 15 is 0 Å². The number of hydrogen-bond acceptors (Lipinski definition) is 2. The first-order chi connectivity index (χ1) is 8.70. The van der Waals surface area contributed by atoms with Crippen LogP contribution >= 0.6 is 0 Å². The van der Waals surface area contributed by atoms with Gasteiger partial charge in [0.1, 0.15) is 0 Å². The van der Waals surface area contributed by atoms with Crippen molar-refractivity contribution in [3.05, 3.63) is 35.9 Å². The highest BCUT2D eigenvalue weighted by atomic mass is 16.4. The molecule has 2 N–H and O–H groups in total. The van der Waals surface area contributed by atoms with Crippen LogP contribution in [0.3, 0.4) is 0 Å². The Labute approximate surface area is 108 Å². The second-order valence-electron chi connectivity index (χ2n) is 4.76. The largest absolute Gasteiger partial charge is 0.465 e. The maximum Gasteiger partial charge on any atom is 0.404 e. The molecule has 1 aromatic rings. The van der Waals surface area contributed by atoms with Gasteiger partial charge >= 0.3 is 6.09 Å². The number of hydrogen-bond donors (Lipinski definition) is 2. The Kier molecular flexibility index (Phi) is 4.20. The molecule has 1 amide bonds. The van der Waals surface area contributed by atoms with E-state index in [0.29, 0.717) is 6.04 Å². The van der Waals surface area contributed by atoms with Crippen molar-refractivity contribution in [1.29, 1.82) is 0 Å². The van der Waals surface area contributed by atoms with Crippen LogP contribution in [0.15, 0.2) is 30.3 Å². The summed E-state index contributed by atoms with van der Waals surface area (Å²) in [4.78, 5) is 13.0. The fraction of sp³-hybridized carbons (Fsp3) is 0.500. The lowest BCUT2D eigenvalue weighted by Gasteiger charge is -2.27. The predicted octanol–water partition coefficient (Wildman–Crippen LogP) is 2.48. The fourth-order valence-corrected chi connectivity index (χ4v) is 2.74. The van der Waals surface area contributed by atoms with Crippen LogP contribution in [0.4, 0.5) is 4.79 Å². The number of carboxylic acid groups (broad SMARTS) is 1. The first-order valence-corrected chi connectivity index (χ1v) is 6.49. The van der Waals surface area contributed by atoms with E-state index < -0.39 is 6.09 Å². The number of benzene rings is 1. The minimum absolute atomic E-state index is 0.0697. The molecule has 1 aromatic carbocycles.